The van der Waals surface area contributed by atoms with Crippen molar-refractivity contribution in [3.63, 3.8) is 0 Å². The molecular weight excluding hydrogens is 464 g/mol. The van der Waals surface area contributed by atoms with Crippen LogP contribution >= 0.6 is 0 Å². The molecule has 198 valence electrons. The van der Waals surface area contributed by atoms with E-state index in [-0.39, 0.29) is 13.0 Å². The second-order valence-corrected chi connectivity index (χ2v) is 12.3. The molecule has 2 saturated heterocycles. The summed E-state index contributed by atoms with van der Waals surface area (Å²) in [6.45, 7) is 14.4. The summed E-state index contributed by atoms with van der Waals surface area (Å²) >= 11 is 0. The van der Waals surface area contributed by atoms with Gasteiger partial charge < -0.3 is 29.0 Å². The van der Waals surface area contributed by atoms with Gasteiger partial charge in [0.25, 0.3) is 0 Å². The maximum Gasteiger partial charge on any atom is 0.412 e. The Hall–Kier alpha value is -2.62. The number of hydrogen-bond acceptors (Lipinski definition) is 7. The van der Waals surface area contributed by atoms with Crippen molar-refractivity contribution in [3.05, 3.63) is 36.0 Å². The zero-order valence-corrected chi connectivity index (χ0v) is 22.4. The van der Waals surface area contributed by atoms with Crippen LogP contribution in [0.2, 0.25) is 0 Å². The largest absolute Gasteiger partial charge is 0.444 e. The second-order valence-electron chi connectivity index (χ2n) is 12.3. The third-order valence-corrected chi connectivity index (χ3v) is 6.66. The van der Waals surface area contributed by atoms with Crippen LogP contribution in [0.25, 0.3) is 10.9 Å². The molecule has 2 fully saturated rings. The number of H-pyrrole nitrogens is 1. The van der Waals surface area contributed by atoms with Gasteiger partial charge in [0.1, 0.15) is 17.4 Å². The Morgan fingerprint density at radius 2 is 1.89 bits per heavy atom. The van der Waals surface area contributed by atoms with Gasteiger partial charge in [-0.3, -0.25) is 4.90 Å². The lowest BCUT2D eigenvalue weighted by Gasteiger charge is -2.40. The lowest BCUT2D eigenvalue weighted by molar-refractivity contribution is -0.179. The van der Waals surface area contributed by atoms with Gasteiger partial charge in [-0.05, 0) is 46.2 Å². The van der Waals surface area contributed by atoms with Crippen molar-refractivity contribution in [1.82, 2.24) is 9.88 Å². The maximum atomic E-state index is 13.6. The van der Waals surface area contributed by atoms with Gasteiger partial charge in [0.2, 0.25) is 11.9 Å². The SMILES string of the molecule is CC(C)(C)OC(=O)N1[C@@H](C(O)C2(Cc3c[nH]c4ccccc34)OC(C(C)(C)C)OC2=O)COC1(C)C. The molecule has 2 aliphatic heterocycles. The van der Waals surface area contributed by atoms with Crippen LogP contribution < -0.4 is 0 Å². The fourth-order valence-corrected chi connectivity index (χ4v) is 4.83. The van der Waals surface area contributed by atoms with Crippen LogP contribution in [0.4, 0.5) is 4.79 Å². The van der Waals surface area contributed by atoms with Crippen molar-refractivity contribution >= 4 is 23.0 Å². The molecule has 0 saturated carbocycles. The predicted octanol–water partition coefficient (Wildman–Crippen LogP) is 4.13. The Kier molecular flexibility index (Phi) is 6.42. The molecule has 1 aromatic carbocycles. The molecule has 0 spiro atoms. The highest BCUT2D eigenvalue weighted by atomic mass is 16.8. The molecule has 2 aliphatic rings. The summed E-state index contributed by atoms with van der Waals surface area (Å²) in [5.74, 6) is -0.672. The second kappa shape index (κ2) is 8.75. The van der Waals surface area contributed by atoms with Gasteiger partial charge in [-0.15, -0.1) is 0 Å². The molecule has 0 aliphatic carbocycles. The molecule has 9 heteroatoms. The molecule has 2 N–H and O–H groups in total. The predicted molar refractivity (Wildman–Crippen MR) is 133 cm³/mol. The first-order chi connectivity index (χ1) is 16.6. The average Bonchev–Trinajstić information content (AvgIpc) is 3.40. The van der Waals surface area contributed by atoms with Crippen molar-refractivity contribution in [2.45, 2.75) is 97.2 Å². The Morgan fingerprint density at radius 1 is 1.22 bits per heavy atom. The van der Waals surface area contributed by atoms with E-state index in [1.54, 1.807) is 40.8 Å². The molecule has 0 bridgehead atoms. The molecule has 2 aromatic rings. The molecule has 4 atom stereocenters. The van der Waals surface area contributed by atoms with E-state index in [0.717, 1.165) is 16.5 Å². The number of fused-ring (bicyclic) bond motifs is 1. The van der Waals surface area contributed by atoms with Crippen molar-refractivity contribution < 1.29 is 33.6 Å². The summed E-state index contributed by atoms with van der Waals surface area (Å²) in [4.78, 5) is 31.4. The van der Waals surface area contributed by atoms with Gasteiger partial charge in [-0.25, -0.2) is 9.59 Å². The highest BCUT2D eigenvalue weighted by Gasteiger charge is 2.63. The number of nitrogens with one attached hydrogen (secondary N) is 1. The molecule has 0 radical (unpaired) electrons. The Morgan fingerprint density at radius 3 is 2.50 bits per heavy atom. The minimum absolute atomic E-state index is 0.000130. The number of esters is 1. The minimum atomic E-state index is -1.77. The van der Waals surface area contributed by atoms with Gasteiger partial charge in [-0.2, -0.15) is 0 Å². The third kappa shape index (κ3) is 4.71. The molecular formula is C27H38N2O7. The molecule has 9 nitrogen and oxygen atoms in total. The van der Waals surface area contributed by atoms with E-state index in [2.05, 4.69) is 4.98 Å². The summed E-state index contributed by atoms with van der Waals surface area (Å²) < 4.78 is 23.6. The number of carbonyl (C=O) groups is 2. The molecule has 4 rings (SSSR count). The number of ether oxygens (including phenoxy) is 4. The van der Waals surface area contributed by atoms with Crippen LogP contribution in [-0.4, -0.2) is 69.0 Å². The van der Waals surface area contributed by atoms with Crippen molar-refractivity contribution in [2.75, 3.05) is 6.61 Å². The zero-order valence-electron chi connectivity index (χ0n) is 22.4. The topological polar surface area (TPSA) is 110 Å². The number of hydrogen-bond donors (Lipinski definition) is 2. The summed E-state index contributed by atoms with van der Waals surface area (Å²) in [5.41, 5.74) is -2.44. The highest BCUT2D eigenvalue weighted by molar-refractivity contribution is 5.87. The number of para-hydroxylation sites is 1. The lowest BCUT2D eigenvalue weighted by atomic mass is 9.84. The lowest BCUT2D eigenvalue weighted by Crippen LogP contribution is -2.62. The van der Waals surface area contributed by atoms with E-state index >= 15 is 0 Å². The van der Waals surface area contributed by atoms with Crippen LogP contribution in [0.3, 0.4) is 0 Å². The molecule has 3 unspecified atom stereocenters. The Labute approximate surface area is 212 Å². The first kappa shape index (κ1) is 26.4. The summed E-state index contributed by atoms with van der Waals surface area (Å²) in [5, 5.41) is 12.8. The number of cyclic esters (lactones) is 1. The fourth-order valence-electron chi connectivity index (χ4n) is 4.83. The normalized spacial score (nSPS) is 27.4. The average molecular weight is 503 g/mol. The van der Waals surface area contributed by atoms with E-state index in [4.69, 9.17) is 18.9 Å². The Bertz CT molecular complexity index is 1140. The van der Waals surface area contributed by atoms with E-state index < -0.39 is 52.8 Å². The number of rotatable bonds is 4. The number of aliphatic hydroxyl groups is 1. The van der Waals surface area contributed by atoms with Gasteiger partial charge in [0, 0.05) is 28.9 Å². The number of aromatic nitrogens is 1. The number of carbonyl (C=O) groups excluding carboxylic acids is 2. The van der Waals surface area contributed by atoms with Gasteiger partial charge in [0.15, 0.2) is 0 Å². The van der Waals surface area contributed by atoms with Crippen LogP contribution in [0.1, 0.15) is 61.0 Å². The fraction of sp³-hybridized carbons (Fsp3) is 0.630. The van der Waals surface area contributed by atoms with Gasteiger partial charge in [0.05, 0.1) is 12.6 Å². The number of benzene rings is 1. The minimum Gasteiger partial charge on any atom is -0.444 e. The van der Waals surface area contributed by atoms with Crippen LogP contribution in [0, 0.1) is 5.41 Å². The number of nitrogens with zero attached hydrogens (tertiary/aromatic N) is 1. The smallest absolute Gasteiger partial charge is 0.412 e. The molecule has 1 amide bonds. The molecule has 36 heavy (non-hydrogen) atoms. The van der Waals surface area contributed by atoms with E-state index in [9.17, 15) is 14.7 Å². The maximum absolute atomic E-state index is 13.6. The van der Waals surface area contributed by atoms with Gasteiger partial charge in [-0.1, -0.05) is 39.0 Å². The standard InChI is InChI=1S/C27H38N2O7/c1-24(2,3)22-34-21(31)27(35-22,13-16-14-28-18-12-10-9-11-17(16)18)20(30)19-15-33-26(7,8)29(19)23(32)36-25(4,5)6/h9-12,14,19-20,22,28,30H,13,15H2,1-8H3/t19-,20?,22?,27?/m1/s1. The van der Waals surface area contributed by atoms with E-state index in [0.29, 0.717) is 0 Å². The van der Waals surface area contributed by atoms with Crippen molar-refractivity contribution in [3.8, 4) is 0 Å². The van der Waals surface area contributed by atoms with Crippen molar-refractivity contribution in [1.29, 1.82) is 0 Å². The number of aliphatic hydroxyl groups excluding tert-OH is 1. The van der Waals surface area contributed by atoms with E-state index in [1.165, 1.54) is 4.90 Å². The van der Waals surface area contributed by atoms with Crippen LogP contribution in [0.5, 0.6) is 0 Å². The summed E-state index contributed by atoms with van der Waals surface area (Å²) in [6.07, 6.45) is -1.13. The molecule has 1 aromatic heterocycles. The first-order valence-electron chi connectivity index (χ1n) is 12.3. The zero-order chi connectivity index (χ0) is 26.7. The van der Waals surface area contributed by atoms with Crippen LogP contribution in [0.15, 0.2) is 30.5 Å². The highest BCUT2D eigenvalue weighted by Crippen LogP contribution is 2.43. The van der Waals surface area contributed by atoms with Crippen molar-refractivity contribution in [2.24, 2.45) is 5.41 Å². The third-order valence-electron chi connectivity index (χ3n) is 6.66. The quantitative estimate of drug-likeness (QED) is 0.605. The number of amides is 1. The van der Waals surface area contributed by atoms with Crippen LogP contribution in [-0.2, 0) is 30.2 Å². The summed E-state index contributed by atoms with van der Waals surface area (Å²) in [6, 6.07) is 6.79. The molecule has 3 heterocycles. The number of aromatic amines is 1. The Balaban J connectivity index is 1.76. The van der Waals surface area contributed by atoms with Gasteiger partial charge >= 0.3 is 12.1 Å². The monoisotopic (exact) mass is 502 g/mol. The first-order valence-corrected chi connectivity index (χ1v) is 12.3. The van der Waals surface area contributed by atoms with E-state index in [1.807, 2.05) is 45.0 Å². The summed E-state index contributed by atoms with van der Waals surface area (Å²) in [7, 11) is 0.